The number of pyridine rings is 1. The van der Waals surface area contributed by atoms with Crippen LogP contribution in [0.2, 0.25) is 5.02 Å². The third kappa shape index (κ3) is 5.16. The Morgan fingerprint density at radius 1 is 1.08 bits per heavy atom. The number of nitrogens with zero attached hydrogens (tertiary/aromatic N) is 5. The van der Waals surface area contributed by atoms with Crippen LogP contribution in [0.15, 0.2) is 85.2 Å². The van der Waals surface area contributed by atoms with Crippen molar-refractivity contribution in [2.24, 2.45) is 0 Å². The van der Waals surface area contributed by atoms with E-state index in [1.54, 1.807) is 12.3 Å². The lowest BCUT2D eigenvalue weighted by Gasteiger charge is -2.22. The van der Waals surface area contributed by atoms with Crippen molar-refractivity contribution in [2.75, 3.05) is 10.6 Å². The van der Waals surface area contributed by atoms with Gasteiger partial charge < -0.3 is 10.6 Å². The average molecular weight is 535 g/mol. The minimum Gasteiger partial charge on any atom is -0.377 e. The van der Waals surface area contributed by atoms with E-state index in [-0.39, 0.29) is 6.04 Å². The van der Waals surface area contributed by atoms with Crippen molar-refractivity contribution in [3.63, 3.8) is 0 Å². The highest BCUT2D eigenvalue weighted by Crippen LogP contribution is 2.38. The number of aromatic nitrogens is 4. The van der Waals surface area contributed by atoms with Crippen LogP contribution in [-0.4, -0.2) is 20.0 Å². The van der Waals surface area contributed by atoms with E-state index in [2.05, 4.69) is 51.1 Å². The van der Waals surface area contributed by atoms with Crippen molar-refractivity contribution in [3.8, 4) is 6.07 Å². The standard InChI is InChI=1S/C31H28ClN7/c1-2-27(20-9-5-3-6-10-20)36-29-22(17-33)18-34-31-25(29)15-23(16-26(31)32)35-30(21-11-7-4-8-12-21)28-19-39(38-37-28)24-13-14-24/h3-12,15-16,18-19,24,27,30,35H,2,13-14H2,1H3,(H,34,36)/t27-,30?/m1/s1/i30D. The van der Waals surface area contributed by atoms with Gasteiger partial charge in [0.1, 0.15) is 11.8 Å². The first-order chi connectivity index (χ1) is 19.5. The van der Waals surface area contributed by atoms with Crippen molar-refractivity contribution >= 4 is 33.9 Å². The Labute approximate surface area is 233 Å². The largest absolute Gasteiger partial charge is 0.377 e. The smallest absolute Gasteiger partial charge is 0.109 e. The SMILES string of the molecule is [2H]C(Nc1cc(Cl)c2ncc(C#N)c(N[C@H](CC)c3ccccc3)c2c1)(c1ccccc1)c1cn(C2CC2)nn1. The number of nitrogens with one attached hydrogen (secondary N) is 2. The molecule has 0 saturated heterocycles. The first kappa shape index (κ1) is 23.7. The molecule has 2 atom stereocenters. The van der Waals surface area contributed by atoms with Crippen LogP contribution in [-0.2, 0) is 0 Å². The van der Waals surface area contributed by atoms with Crippen LogP contribution in [0.1, 0.15) is 68.0 Å². The predicted molar refractivity (Wildman–Crippen MR) is 155 cm³/mol. The highest BCUT2D eigenvalue weighted by atomic mass is 35.5. The molecule has 1 unspecified atom stereocenters. The van der Waals surface area contributed by atoms with Crippen LogP contribution in [0.3, 0.4) is 0 Å². The van der Waals surface area contributed by atoms with Crippen LogP contribution >= 0.6 is 11.6 Å². The predicted octanol–water partition coefficient (Wildman–Crippen LogP) is 7.45. The molecule has 7 nitrogen and oxygen atoms in total. The first-order valence-electron chi connectivity index (χ1n) is 13.6. The monoisotopic (exact) mass is 534 g/mol. The number of nitriles is 1. The number of hydrogen-bond acceptors (Lipinski definition) is 6. The molecule has 3 aromatic carbocycles. The Bertz CT molecular complexity index is 1700. The number of hydrogen-bond donors (Lipinski definition) is 2. The second kappa shape index (κ2) is 10.8. The van der Waals surface area contributed by atoms with Gasteiger partial charge in [0, 0.05) is 17.3 Å². The van der Waals surface area contributed by atoms with Gasteiger partial charge in [-0.15, -0.1) is 5.10 Å². The summed E-state index contributed by atoms with van der Waals surface area (Å²) < 4.78 is 11.5. The van der Waals surface area contributed by atoms with Crippen LogP contribution in [0, 0.1) is 11.3 Å². The summed E-state index contributed by atoms with van der Waals surface area (Å²) in [5.41, 5.74) is 4.57. The van der Waals surface area contributed by atoms with Gasteiger partial charge in [-0.05, 0) is 42.5 Å². The summed E-state index contributed by atoms with van der Waals surface area (Å²) in [6.07, 6.45) is 6.35. The van der Waals surface area contributed by atoms with Gasteiger partial charge in [0.2, 0.25) is 0 Å². The summed E-state index contributed by atoms with van der Waals surface area (Å²) in [6, 6.07) is 24.5. The molecule has 2 heterocycles. The number of benzene rings is 3. The minimum absolute atomic E-state index is 0.0219. The average Bonchev–Trinajstić information content (AvgIpc) is 3.72. The van der Waals surface area contributed by atoms with Gasteiger partial charge >= 0.3 is 0 Å². The number of anilines is 2. The summed E-state index contributed by atoms with van der Waals surface area (Å²) in [4.78, 5) is 4.51. The molecule has 1 aliphatic rings. The van der Waals surface area contributed by atoms with Gasteiger partial charge in [-0.2, -0.15) is 5.26 Å². The fraction of sp³-hybridized carbons (Fsp3) is 0.226. The molecule has 8 heteroatoms. The fourth-order valence-corrected chi connectivity index (χ4v) is 5.06. The van der Waals surface area contributed by atoms with E-state index in [4.69, 9.17) is 11.6 Å². The maximum Gasteiger partial charge on any atom is 0.109 e. The van der Waals surface area contributed by atoms with Gasteiger partial charge in [-0.3, -0.25) is 4.98 Å². The Morgan fingerprint density at radius 2 is 1.79 bits per heavy atom. The molecule has 0 aliphatic heterocycles. The summed E-state index contributed by atoms with van der Waals surface area (Å²) in [6.45, 7) is 2.10. The molecule has 194 valence electrons. The highest BCUT2D eigenvalue weighted by molar-refractivity contribution is 6.35. The zero-order valence-electron chi connectivity index (χ0n) is 22.5. The zero-order chi connectivity index (χ0) is 27.7. The van der Waals surface area contributed by atoms with Gasteiger partial charge in [-0.25, -0.2) is 4.68 Å². The second-order valence-electron chi connectivity index (χ2n) is 9.71. The van der Waals surface area contributed by atoms with Crippen LogP contribution in [0.25, 0.3) is 10.9 Å². The van der Waals surface area contributed by atoms with E-state index in [0.717, 1.165) is 24.8 Å². The van der Waals surface area contributed by atoms with Crippen molar-refractivity contribution in [2.45, 2.75) is 44.3 Å². The van der Waals surface area contributed by atoms with E-state index >= 15 is 0 Å². The fourth-order valence-electron chi connectivity index (χ4n) is 4.79. The Balaban J connectivity index is 1.45. The third-order valence-electron chi connectivity index (χ3n) is 6.99. The van der Waals surface area contributed by atoms with E-state index in [9.17, 15) is 6.63 Å². The van der Waals surface area contributed by atoms with Crippen LogP contribution in [0.4, 0.5) is 11.4 Å². The first-order valence-corrected chi connectivity index (χ1v) is 13.5. The van der Waals surface area contributed by atoms with Crippen LogP contribution < -0.4 is 10.6 Å². The Kier molecular flexibility index (Phi) is 6.53. The van der Waals surface area contributed by atoms with E-state index in [0.29, 0.717) is 50.2 Å². The lowest BCUT2D eigenvalue weighted by molar-refractivity contribution is 0.610. The van der Waals surface area contributed by atoms with Crippen molar-refractivity contribution in [3.05, 3.63) is 113 Å². The Morgan fingerprint density at radius 3 is 2.46 bits per heavy atom. The van der Waals surface area contributed by atoms with Crippen molar-refractivity contribution in [1.82, 2.24) is 20.0 Å². The molecular formula is C31H28ClN7. The van der Waals surface area contributed by atoms with Crippen LogP contribution in [0.5, 0.6) is 0 Å². The lowest BCUT2D eigenvalue weighted by Crippen LogP contribution is -2.14. The summed E-state index contributed by atoms with van der Waals surface area (Å²) >= 11 is 6.79. The second-order valence-corrected chi connectivity index (χ2v) is 10.1. The molecular weight excluding hydrogens is 506 g/mol. The molecule has 5 aromatic rings. The van der Waals surface area contributed by atoms with E-state index in [1.165, 1.54) is 0 Å². The molecule has 39 heavy (non-hydrogen) atoms. The van der Waals surface area contributed by atoms with Crippen molar-refractivity contribution in [1.29, 1.82) is 5.26 Å². The molecule has 0 spiro atoms. The normalized spacial score (nSPS) is 15.7. The highest BCUT2D eigenvalue weighted by Gasteiger charge is 2.27. The van der Waals surface area contributed by atoms with Crippen molar-refractivity contribution < 1.29 is 1.37 Å². The molecule has 2 aromatic heterocycles. The maximum atomic E-state index is 9.98. The summed E-state index contributed by atoms with van der Waals surface area (Å²) in [5, 5.41) is 26.8. The zero-order valence-corrected chi connectivity index (χ0v) is 22.2. The number of fused-ring (bicyclic) bond motifs is 1. The van der Waals surface area contributed by atoms with Gasteiger partial charge in [0.15, 0.2) is 0 Å². The van der Waals surface area contributed by atoms with Gasteiger partial charge in [-0.1, -0.05) is 84.4 Å². The van der Waals surface area contributed by atoms with E-state index < -0.39 is 6.02 Å². The molecule has 1 fully saturated rings. The van der Waals surface area contributed by atoms with Gasteiger partial charge in [0.05, 0.1) is 47.5 Å². The minimum atomic E-state index is -1.44. The molecule has 0 radical (unpaired) electrons. The maximum absolute atomic E-state index is 9.98. The quantitative estimate of drug-likeness (QED) is 0.204. The molecule has 6 rings (SSSR count). The molecule has 0 bridgehead atoms. The molecule has 1 saturated carbocycles. The molecule has 1 aliphatic carbocycles. The lowest BCUT2D eigenvalue weighted by atomic mass is 10.0. The number of rotatable bonds is 9. The van der Waals surface area contributed by atoms with E-state index in [1.807, 2.05) is 65.5 Å². The topological polar surface area (TPSA) is 91.5 Å². The summed E-state index contributed by atoms with van der Waals surface area (Å²) in [5.74, 6) is 0. The van der Waals surface area contributed by atoms with Gasteiger partial charge in [0.25, 0.3) is 0 Å². The molecule has 0 amide bonds. The third-order valence-corrected chi connectivity index (χ3v) is 7.28. The Hall–Kier alpha value is -4.41. The molecule has 2 N–H and O–H groups in total. The summed E-state index contributed by atoms with van der Waals surface area (Å²) in [7, 11) is 0. The number of halogens is 1.